The lowest BCUT2D eigenvalue weighted by molar-refractivity contribution is -0.148. The Morgan fingerprint density at radius 1 is 0.933 bits per heavy atom. The zero-order valence-electron chi connectivity index (χ0n) is 17.0. The van der Waals surface area contributed by atoms with Crippen LogP contribution in [0.3, 0.4) is 0 Å². The number of esters is 1. The maximum atomic E-state index is 12.8. The Labute approximate surface area is 176 Å². The molecule has 0 unspecified atom stereocenters. The van der Waals surface area contributed by atoms with Crippen LogP contribution in [0.2, 0.25) is 0 Å². The van der Waals surface area contributed by atoms with Crippen LogP contribution in [-0.4, -0.2) is 40.8 Å². The minimum Gasteiger partial charge on any atom is -0.508 e. The third-order valence-corrected chi connectivity index (χ3v) is 4.61. The minimum absolute atomic E-state index is 0.117. The minimum atomic E-state index is -0.894. The maximum Gasteiger partial charge on any atom is 0.328 e. The quantitative estimate of drug-likeness (QED) is 0.163. The molecule has 30 heavy (non-hydrogen) atoms. The summed E-state index contributed by atoms with van der Waals surface area (Å²) in [6.45, 7) is 2.27. The highest BCUT2D eigenvalue weighted by Crippen LogP contribution is 2.14. The van der Waals surface area contributed by atoms with Gasteiger partial charge in [0.2, 0.25) is 5.91 Å². The monoisotopic (exact) mass is 415 g/mol. The second kappa shape index (κ2) is 11.8. The van der Waals surface area contributed by atoms with Gasteiger partial charge >= 0.3 is 5.97 Å². The van der Waals surface area contributed by atoms with Crippen molar-refractivity contribution in [3.63, 3.8) is 0 Å². The zero-order valence-corrected chi connectivity index (χ0v) is 17.0. The van der Waals surface area contributed by atoms with Gasteiger partial charge in [-0.15, -0.1) is 0 Å². The van der Waals surface area contributed by atoms with E-state index in [0.29, 0.717) is 0 Å². The number of phenolic OH excluding ortho intramolecular Hbond substituents is 2. The van der Waals surface area contributed by atoms with Crippen molar-refractivity contribution in [2.45, 2.75) is 44.7 Å². The lowest BCUT2D eigenvalue weighted by Crippen LogP contribution is -2.53. The normalized spacial score (nSPS) is 12.7. The number of benzene rings is 2. The van der Waals surface area contributed by atoms with Gasteiger partial charge in [-0.05, 0) is 48.2 Å². The number of ether oxygens (including phenoxy) is 1. The van der Waals surface area contributed by atoms with E-state index in [-0.39, 0.29) is 30.9 Å². The summed E-state index contributed by atoms with van der Waals surface area (Å²) >= 11 is 0. The number of carbonyl (C=O) groups excluding carboxylic acids is 2. The molecule has 2 aromatic rings. The molecule has 0 aliphatic heterocycles. The highest BCUT2D eigenvalue weighted by Gasteiger charge is 2.26. The Hall–Kier alpha value is -3.10. The lowest BCUT2D eigenvalue weighted by Gasteiger charge is -2.22. The number of hydrogen-bond donors (Lipinski definition) is 5. The van der Waals surface area contributed by atoms with E-state index in [1.165, 1.54) is 24.3 Å². The Morgan fingerprint density at radius 2 is 1.43 bits per heavy atom. The molecule has 0 aromatic heterocycles. The molecule has 0 radical (unpaired) electrons. The first-order valence-electron chi connectivity index (χ1n) is 9.92. The van der Waals surface area contributed by atoms with Gasteiger partial charge in [-0.25, -0.2) is 10.2 Å². The summed E-state index contributed by atoms with van der Waals surface area (Å²) < 4.78 is 5.30. The summed E-state index contributed by atoms with van der Waals surface area (Å²) in [7, 11) is 0. The van der Waals surface area contributed by atoms with Crippen LogP contribution in [0, 0.1) is 0 Å². The van der Waals surface area contributed by atoms with E-state index in [1.54, 1.807) is 24.3 Å². The molecule has 2 atom stereocenters. The van der Waals surface area contributed by atoms with Gasteiger partial charge in [-0.2, -0.15) is 0 Å². The van der Waals surface area contributed by atoms with Gasteiger partial charge in [0, 0.05) is 6.42 Å². The number of unbranched alkanes of at least 4 members (excludes halogenated alkanes) is 1. The third-order valence-electron chi connectivity index (χ3n) is 4.61. The molecule has 0 spiro atoms. The molecule has 0 bridgehead atoms. The van der Waals surface area contributed by atoms with Crippen molar-refractivity contribution in [3.8, 4) is 11.5 Å². The Bertz CT molecular complexity index is 809. The average Bonchev–Trinajstić information content (AvgIpc) is 2.74. The van der Waals surface area contributed by atoms with Crippen LogP contribution in [0.5, 0.6) is 11.5 Å². The molecule has 0 heterocycles. The fourth-order valence-corrected chi connectivity index (χ4v) is 2.85. The van der Waals surface area contributed by atoms with E-state index in [4.69, 9.17) is 10.6 Å². The Morgan fingerprint density at radius 3 is 1.90 bits per heavy atom. The highest BCUT2D eigenvalue weighted by atomic mass is 16.5. The predicted molar refractivity (Wildman–Crippen MR) is 113 cm³/mol. The number of phenols is 2. The topological polar surface area (TPSA) is 134 Å². The van der Waals surface area contributed by atoms with Crippen molar-refractivity contribution < 1.29 is 24.5 Å². The van der Waals surface area contributed by atoms with E-state index >= 15 is 0 Å². The third kappa shape index (κ3) is 7.38. The molecular formula is C22H29N3O5. The predicted octanol–water partition coefficient (Wildman–Crippen LogP) is 1.54. The number of aromatic hydroxyl groups is 2. The summed E-state index contributed by atoms with van der Waals surface area (Å²) in [6, 6.07) is 11.2. The molecule has 0 saturated heterocycles. The van der Waals surface area contributed by atoms with Crippen LogP contribution in [-0.2, 0) is 27.2 Å². The molecule has 0 fully saturated rings. The summed E-state index contributed by atoms with van der Waals surface area (Å²) in [5.74, 6) is 4.85. The van der Waals surface area contributed by atoms with Gasteiger partial charge in [-0.3, -0.25) is 10.6 Å². The first kappa shape index (κ1) is 23.2. The van der Waals surface area contributed by atoms with E-state index in [0.717, 1.165) is 24.0 Å². The molecule has 162 valence electrons. The molecule has 8 heteroatoms. The van der Waals surface area contributed by atoms with E-state index < -0.39 is 24.0 Å². The van der Waals surface area contributed by atoms with Crippen LogP contribution < -0.4 is 16.6 Å². The molecule has 6 N–H and O–H groups in total. The summed E-state index contributed by atoms with van der Waals surface area (Å²) in [6.07, 6.45) is 2.11. The second-order valence-corrected chi connectivity index (χ2v) is 7.04. The SMILES string of the molecule is CCCCOC(=O)[C@H](Cc1ccc(O)cc1)NC(=O)[C@H](Cc1ccc(O)cc1)NN. The van der Waals surface area contributed by atoms with Crippen LogP contribution in [0.1, 0.15) is 30.9 Å². The molecule has 2 rings (SSSR count). The van der Waals surface area contributed by atoms with Crippen LogP contribution in [0.4, 0.5) is 0 Å². The zero-order chi connectivity index (χ0) is 21.9. The molecule has 0 aliphatic carbocycles. The largest absolute Gasteiger partial charge is 0.508 e. The van der Waals surface area contributed by atoms with Crippen LogP contribution in [0.25, 0.3) is 0 Å². The summed E-state index contributed by atoms with van der Waals surface area (Å²) in [5.41, 5.74) is 4.04. The van der Waals surface area contributed by atoms with E-state index in [9.17, 15) is 19.8 Å². The molecule has 1 amide bonds. The van der Waals surface area contributed by atoms with Crippen LogP contribution in [0.15, 0.2) is 48.5 Å². The lowest BCUT2D eigenvalue weighted by atomic mass is 10.0. The standard InChI is InChI=1S/C22H29N3O5/c1-2-3-12-30-22(29)20(14-16-6-10-18(27)11-7-16)24-21(28)19(25-23)13-15-4-8-17(26)9-5-15/h4-11,19-20,25-27H,2-3,12-14,23H2,1H3,(H,24,28)/t19-,20-/m0/s1. The van der Waals surface area contributed by atoms with Crippen molar-refractivity contribution in [2.24, 2.45) is 5.84 Å². The van der Waals surface area contributed by atoms with Crippen molar-refractivity contribution in [3.05, 3.63) is 59.7 Å². The fourth-order valence-electron chi connectivity index (χ4n) is 2.85. The molecule has 0 aliphatic rings. The van der Waals surface area contributed by atoms with Crippen molar-refractivity contribution in [1.82, 2.24) is 10.7 Å². The number of hydrogen-bond acceptors (Lipinski definition) is 7. The molecule has 2 aromatic carbocycles. The average molecular weight is 415 g/mol. The highest BCUT2D eigenvalue weighted by molar-refractivity contribution is 5.88. The molecule has 8 nitrogen and oxygen atoms in total. The maximum absolute atomic E-state index is 12.8. The first-order valence-corrected chi connectivity index (χ1v) is 9.92. The first-order chi connectivity index (χ1) is 14.4. The fraction of sp³-hybridized carbons (Fsp3) is 0.364. The number of hydrazine groups is 1. The van der Waals surface area contributed by atoms with Gasteiger partial charge in [0.25, 0.3) is 0 Å². The van der Waals surface area contributed by atoms with Crippen LogP contribution >= 0.6 is 0 Å². The van der Waals surface area contributed by atoms with Gasteiger partial charge < -0.3 is 20.3 Å². The smallest absolute Gasteiger partial charge is 0.328 e. The second-order valence-electron chi connectivity index (χ2n) is 7.04. The van der Waals surface area contributed by atoms with E-state index in [2.05, 4.69) is 10.7 Å². The number of rotatable bonds is 11. The van der Waals surface area contributed by atoms with E-state index in [1.807, 2.05) is 6.92 Å². The van der Waals surface area contributed by atoms with Gasteiger partial charge in [0.05, 0.1) is 6.61 Å². The van der Waals surface area contributed by atoms with Gasteiger partial charge in [-0.1, -0.05) is 37.6 Å². The summed E-state index contributed by atoms with van der Waals surface area (Å²) in [5, 5.41) is 21.6. The molecular weight excluding hydrogens is 386 g/mol. The summed E-state index contributed by atoms with van der Waals surface area (Å²) in [4.78, 5) is 25.3. The Kier molecular flexibility index (Phi) is 9.11. The number of nitrogens with two attached hydrogens (primary N) is 1. The molecule has 0 saturated carbocycles. The number of nitrogens with one attached hydrogen (secondary N) is 2. The van der Waals surface area contributed by atoms with Gasteiger partial charge in [0.15, 0.2) is 0 Å². The number of amides is 1. The van der Waals surface area contributed by atoms with Crippen molar-refractivity contribution >= 4 is 11.9 Å². The Balaban J connectivity index is 2.08. The number of carbonyl (C=O) groups is 2. The van der Waals surface area contributed by atoms with Crippen molar-refractivity contribution in [2.75, 3.05) is 6.61 Å². The van der Waals surface area contributed by atoms with Crippen molar-refractivity contribution in [1.29, 1.82) is 0 Å². The van der Waals surface area contributed by atoms with Gasteiger partial charge in [0.1, 0.15) is 23.6 Å².